The third-order valence-electron chi connectivity index (χ3n) is 5.77. The summed E-state index contributed by atoms with van der Waals surface area (Å²) in [6, 6.07) is 8.14. The molecule has 0 radical (unpaired) electrons. The summed E-state index contributed by atoms with van der Waals surface area (Å²) in [6.45, 7) is 11.0. The number of likely N-dealkylation sites (tertiary alicyclic amines) is 1. The van der Waals surface area contributed by atoms with Gasteiger partial charge in [0.2, 0.25) is 11.8 Å². The highest BCUT2D eigenvalue weighted by Crippen LogP contribution is 2.45. The number of imide groups is 1. The normalized spacial score (nSPS) is 20.2. The first-order valence-corrected chi connectivity index (χ1v) is 16.7. The molecule has 0 aromatic heterocycles. The Morgan fingerprint density at radius 1 is 1.17 bits per heavy atom. The molecule has 1 aliphatic rings. The Hall–Kier alpha value is -2.48. The number of amides is 2. The molecule has 1 fully saturated rings. The van der Waals surface area contributed by atoms with Gasteiger partial charge in [-0.3, -0.25) is 19.3 Å². The van der Waals surface area contributed by atoms with Crippen molar-refractivity contribution in [3.05, 3.63) is 30.3 Å². The van der Waals surface area contributed by atoms with Crippen LogP contribution in [-0.2, 0) is 33.7 Å². The summed E-state index contributed by atoms with van der Waals surface area (Å²) >= 11 is 0. The van der Waals surface area contributed by atoms with Crippen LogP contribution in [0.25, 0.3) is 0 Å². The van der Waals surface area contributed by atoms with Crippen LogP contribution in [0.2, 0.25) is 25.7 Å². The van der Waals surface area contributed by atoms with Crippen LogP contribution in [0.1, 0.15) is 33.6 Å². The van der Waals surface area contributed by atoms with E-state index in [1.54, 1.807) is 32.0 Å². The molecule has 1 aliphatic heterocycles. The Balaban J connectivity index is 2.83. The third-order valence-corrected chi connectivity index (χ3v) is 9.47. The van der Waals surface area contributed by atoms with Crippen molar-refractivity contribution < 1.29 is 32.3 Å². The van der Waals surface area contributed by atoms with Gasteiger partial charge in [-0.25, -0.2) is 8.42 Å². The lowest BCUT2D eigenvalue weighted by Crippen LogP contribution is -2.57. The molecular weight excluding hydrogens is 486 g/mol. The van der Waals surface area contributed by atoms with Gasteiger partial charge in [-0.15, -0.1) is 11.8 Å². The molecule has 1 aromatic carbocycles. The zero-order valence-electron chi connectivity index (χ0n) is 21.5. The Bertz CT molecular complexity index is 1120. The smallest absolute Gasteiger partial charge is 0.329 e. The molecule has 1 unspecified atom stereocenters. The number of carbonyl (C=O) groups excluding carboxylic acids is 3. The van der Waals surface area contributed by atoms with E-state index in [2.05, 4.69) is 31.5 Å². The van der Waals surface area contributed by atoms with E-state index in [1.165, 1.54) is 19.1 Å². The topological polar surface area (TPSA) is 107 Å². The van der Waals surface area contributed by atoms with Gasteiger partial charge in [0.15, 0.2) is 14.6 Å². The first-order chi connectivity index (χ1) is 16.2. The van der Waals surface area contributed by atoms with Gasteiger partial charge in [0.25, 0.3) is 0 Å². The molecule has 1 heterocycles. The molecule has 10 heteroatoms. The zero-order valence-corrected chi connectivity index (χ0v) is 23.3. The summed E-state index contributed by atoms with van der Waals surface area (Å²) < 4.78 is 37.2. The zero-order chi connectivity index (χ0) is 26.6. The fourth-order valence-corrected chi connectivity index (χ4v) is 6.91. The first kappa shape index (κ1) is 28.8. The maximum atomic E-state index is 14.2. The van der Waals surface area contributed by atoms with E-state index in [0.717, 1.165) is 12.0 Å². The minimum Gasteiger partial charge on any atom is -0.468 e. The highest BCUT2D eigenvalue weighted by Gasteiger charge is 2.64. The van der Waals surface area contributed by atoms with Gasteiger partial charge in [-0.2, -0.15) is 0 Å². The molecule has 35 heavy (non-hydrogen) atoms. The van der Waals surface area contributed by atoms with Crippen LogP contribution >= 0.6 is 0 Å². The second-order valence-corrected chi connectivity index (χ2v) is 17.8. The molecule has 3 atom stereocenters. The molecule has 2 rings (SSSR count). The van der Waals surface area contributed by atoms with E-state index >= 15 is 0 Å². The van der Waals surface area contributed by atoms with E-state index in [0.29, 0.717) is 6.04 Å². The maximum Gasteiger partial charge on any atom is 0.329 e. The van der Waals surface area contributed by atoms with Crippen LogP contribution in [0.15, 0.2) is 35.2 Å². The maximum absolute atomic E-state index is 14.2. The van der Waals surface area contributed by atoms with Crippen LogP contribution in [0, 0.1) is 17.8 Å². The summed E-state index contributed by atoms with van der Waals surface area (Å²) in [5.41, 5.74) is 0. The predicted molar refractivity (Wildman–Crippen MR) is 135 cm³/mol. The van der Waals surface area contributed by atoms with Crippen LogP contribution in [0.4, 0.5) is 0 Å². The van der Waals surface area contributed by atoms with Crippen LogP contribution in [0.5, 0.6) is 0 Å². The second kappa shape index (κ2) is 11.1. The summed E-state index contributed by atoms with van der Waals surface area (Å²) in [7, 11) is -4.92. The quantitative estimate of drug-likeness (QED) is 0.294. The number of hydrogen-bond acceptors (Lipinski definition) is 7. The van der Waals surface area contributed by atoms with Crippen molar-refractivity contribution >= 4 is 35.7 Å². The van der Waals surface area contributed by atoms with Crippen molar-refractivity contribution in [2.45, 2.75) is 81.3 Å². The van der Waals surface area contributed by atoms with Crippen LogP contribution in [-0.4, -0.2) is 63.4 Å². The summed E-state index contributed by atoms with van der Waals surface area (Å²) in [4.78, 5) is 39.6. The average Bonchev–Trinajstić information content (AvgIpc) is 3.08. The summed E-state index contributed by atoms with van der Waals surface area (Å²) in [6.07, 6.45) is -2.50. The highest BCUT2D eigenvalue weighted by molar-refractivity contribution is 7.93. The Morgan fingerprint density at radius 3 is 2.26 bits per heavy atom. The van der Waals surface area contributed by atoms with E-state index < -0.39 is 65.1 Å². The van der Waals surface area contributed by atoms with Crippen molar-refractivity contribution in [2.75, 3.05) is 7.11 Å². The van der Waals surface area contributed by atoms with Gasteiger partial charge < -0.3 is 9.47 Å². The first-order valence-electron chi connectivity index (χ1n) is 11.5. The minimum atomic E-state index is -4.45. The van der Waals surface area contributed by atoms with Crippen LogP contribution < -0.4 is 0 Å². The standard InChI is InChI=1S/C25H35NO7SSi/c1-18(2)33-23-21(17-22(28)26(23)19(3)27)25(24(29)32-4,15-11-12-16-35(5,6)7)34(30,31)20-13-9-8-10-14-20/h8-10,13-14,18,21,23H,15-17H2,1-7H3/t21-,23+,25?/m0/s1. The highest BCUT2D eigenvalue weighted by atomic mass is 32.2. The van der Waals surface area contributed by atoms with Crippen molar-refractivity contribution in [3.63, 3.8) is 0 Å². The van der Waals surface area contributed by atoms with Gasteiger partial charge >= 0.3 is 5.97 Å². The number of benzene rings is 1. The van der Waals surface area contributed by atoms with Gasteiger partial charge in [0.1, 0.15) is 6.23 Å². The molecule has 1 aromatic rings. The van der Waals surface area contributed by atoms with Gasteiger partial charge in [0, 0.05) is 31.7 Å². The summed E-state index contributed by atoms with van der Waals surface area (Å²) in [5.74, 6) is 2.49. The fourth-order valence-electron chi connectivity index (χ4n) is 4.16. The lowest BCUT2D eigenvalue weighted by Gasteiger charge is -2.38. The number of sulfone groups is 1. The van der Waals surface area contributed by atoms with Crippen molar-refractivity contribution in [3.8, 4) is 11.8 Å². The fraction of sp³-hybridized carbons (Fsp3) is 0.560. The van der Waals surface area contributed by atoms with Gasteiger partial charge in [-0.05, 0) is 26.0 Å². The number of nitrogens with zero attached hydrogens (tertiary/aromatic N) is 1. The molecule has 1 saturated heterocycles. The molecular formula is C25H35NO7SSi. The van der Waals surface area contributed by atoms with Crippen LogP contribution in [0.3, 0.4) is 0 Å². The molecule has 0 saturated carbocycles. The van der Waals surface area contributed by atoms with Gasteiger partial charge in [0.05, 0.1) is 26.2 Å². The Labute approximate surface area is 209 Å². The average molecular weight is 522 g/mol. The third kappa shape index (κ3) is 6.02. The second-order valence-electron chi connectivity index (χ2n) is 10.1. The molecule has 2 amide bonds. The molecule has 0 aliphatic carbocycles. The number of rotatable bonds is 8. The van der Waals surface area contributed by atoms with E-state index in [4.69, 9.17) is 9.47 Å². The predicted octanol–water partition coefficient (Wildman–Crippen LogP) is 3.25. The molecule has 192 valence electrons. The monoisotopic (exact) mass is 521 g/mol. The van der Waals surface area contributed by atoms with E-state index in [1.807, 2.05) is 0 Å². The van der Waals surface area contributed by atoms with E-state index in [-0.39, 0.29) is 11.3 Å². The molecule has 0 bridgehead atoms. The number of methoxy groups -OCH3 is 1. The Morgan fingerprint density at radius 2 is 1.77 bits per heavy atom. The number of hydrogen-bond donors (Lipinski definition) is 0. The van der Waals surface area contributed by atoms with Crippen molar-refractivity contribution in [2.24, 2.45) is 5.92 Å². The summed E-state index contributed by atoms with van der Waals surface area (Å²) in [5, 5.41) is 0. The Kier molecular flexibility index (Phi) is 9.08. The number of carbonyl (C=O) groups is 3. The van der Waals surface area contributed by atoms with Crippen molar-refractivity contribution in [1.82, 2.24) is 4.90 Å². The lowest BCUT2D eigenvalue weighted by atomic mass is 9.86. The largest absolute Gasteiger partial charge is 0.468 e. The number of ether oxygens (including phenoxy) is 2. The molecule has 0 spiro atoms. The molecule has 0 N–H and O–H groups in total. The molecule has 8 nitrogen and oxygen atoms in total. The number of esters is 1. The minimum absolute atomic E-state index is 0.102. The van der Waals surface area contributed by atoms with E-state index in [9.17, 15) is 22.8 Å². The SMILES string of the molecule is COC(=O)C(CC#CC[Si](C)(C)C)([C@H]1CC(=O)N(C(C)=O)[C@@H]1OC(C)C)S(=O)(=O)c1ccccc1. The lowest BCUT2D eigenvalue weighted by molar-refractivity contribution is -0.162. The van der Waals surface area contributed by atoms with Gasteiger partial charge in [-0.1, -0.05) is 37.8 Å². The van der Waals surface area contributed by atoms with Crippen molar-refractivity contribution in [1.29, 1.82) is 0 Å².